The lowest BCUT2D eigenvalue weighted by molar-refractivity contribution is 0.626. The van der Waals surface area contributed by atoms with E-state index in [4.69, 9.17) is 5.73 Å². The first-order valence-corrected chi connectivity index (χ1v) is 6.27. The van der Waals surface area contributed by atoms with Crippen molar-refractivity contribution in [2.75, 3.05) is 6.54 Å². The average Bonchev–Trinajstić information content (AvgIpc) is 2.99. The fraction of sp³-hybridized carbons (Fsp3) is 0.308. The third kappa shape index (κ3) is 2.22. The maximum atomic E-state index is 5.65. The molecule has 2 aromatic heterocycles. The predicted molar refractivity (Wildman–Crippen MR) is 72.6 cm³/mol. The molecule has 6 heteroatoms. The molecule has 98 valence electrons. The van der Waals surface area contributed by atoms with Crippen LogP contribution in [0, 0.1) is 0 Å². The number of nitrogens with two attached hydrogens (primary N) is 1. The summed E-state index contributed by atoms with van der Waals surface area (Å²) in [7, 11) is 1.77. The number of benzene rings is 1. The topological polar surface area (TPSA) is 74.5 Å². The first-order chi connectivity index (χ1) is 9.28. The fourth-order valence-electron chi connectivity index (χ4n) is 2.34. The van der Waals surface area contributed by atoms with E-state index in [1.54, 1.807) is 7.05 Å². The summed E-state index contributed by atoms with van der Waals surface area (Å²) < 4.78 is 2.13. The summed E-state index contributed by atoms with van der Waals surface area (Å²) in [6.07, 6.45) is 2.95. The van der Waals surface area contributed by atoms with Crippen LogP contribution in [0.15, 0.2) is 30.5 Å². The van der Waals surface area contributed by atoms with Crippen molar-refractivity contribution in [1.82, 2.24) is 24.8 Å². The summed E-state index contributed by atoms with van der Waals surface area (Å²) in [6, 6.07) is 8.41. The largest absolute Gasteiger partial charge is 0.340 e. The van der Waals surface area contributed by atoms with Crippen LogP contribution in [0.3, 0.4) is 0 Å². The van der Waals surface area contributed by atoms with Crippen LogP contribution in [0.5, 0.6) is 0 Å². The van der Waals surface area contributed by atoms with E-state index >= 15 is 0 Å². The number of fused-ring (bicyclic) bond motifs is 1. The summed E-state index contributed by atoms with van der Waals surface area (Å²) >= 11 is 0. The second kappa shape index (κ2) is 4.81. The molecule has 19 heavy (non-hydrogen) atoms. The molecule has 3 aromatic rings. The quantitative estimate of drug-likeness (QED) is 0.746. The number of hydrogen-bond acceptors (Lipinski definition) is 4. The summed E-state index contributed by atoms with van der Waals surface area (Å²) in [6.45, 7) is 1.29. The molecule has 0 amide bonds. The van der Waals surface area contributed by atoms with E-state index in [1.807, 2.05) is 0 Å². The first-order valence-electron chi connectivity index (χ1n) is 6.27. The number of aromatic nitrogens is 5. The molecule has 0 spiro atoms. The highest BCUT2D eigenvalue weighted by atomic mass is 15.6. The number of tetrazole rings is 1. The van der Waals surface area contributed by atoms with Crippen LogP contribution in [0.1, 0.15) is 11.4 Å². The Labute approximate surface area is 110 Å². The Morgan fingerprint density at radius 3 is 2.89 bits per heavy atom. The molecule has 0 fully saturated rings. The Kier molecular flexibility index (Phi) is 3.00. The fourth-order valence-corrected chi connectivity index (χ4v) is 2.34. The lowest BCUT2D eigenvalue weighted by Crippen LogP contribution is -2.03. The molecule has 0 unspecified atom stereocenters. The Bertz CT molecular complexity index is 696. The highest BCUT2D eigenvalue weighted by Crippen LogP contribution is 2.21. The maximum Gasteiger partial charge on any atom is 0.194 e. The molecule has 0 bridgehead atoms. The zero-order chi connectivity index (χ0) is 13.2. The van der Waals surface area contributed by atoms with Gasteiger partial charge < -0.3 is 10.3 Å². The van der Waals surface area contributed by atoms with Crippen molar-refractivity contribution >= 4 is 10.9 Å². The lowest BCUT2D eigenvalue weighted by atomic mass is 10.1. The van der Waals surface area contributed by atoms with Gasteiger partial charge in [-0.2, -0.15) is 4.80 Å². The van der Waals surface area contributed by atoms with Crippen molar-refractivity contribution in [3.8, 4) is 0 Å². The molecule has 3 rings (SSSR count). The Morgan fingerprint density at radius 1 is 1.26 bits per heavy atom. The minimum atomic E-state index is 0.628. The van der Waals surface area contributed by atoms with Crippen molar-refractivity contribution in [3.63, 3.8) is 0 Å². The smallest absolute Gasteiger partial charge is 0.194 e. The van der Waals surface area contributed by atoms with Gasteiger partial charge in [-0.25, -0.2) is 0 Å². The summed E-state index contributed by atoms with van der Waals surface area (Å²) in [4.78, 5) is 1.47. The Morgan fingerprint density at radius 2 is 2.16 bits per heavy atom. The Balaban J connectivity index is 1.98. The molecule has 2 N–H and O–H groups in total. The maximum absolute atomic E-state index is 5.65. The molecule has 2 heterocycles. The minimum absolute atomic E-state index is 0.628. The highest BCUT2D eigenvalue weighted by Gasteiger charge is 2.07. The normalized spacial score (nSPS) is 11.3. The second-order valence-corrected chi connectivity index (χ2v) is 4.53. The number of rotatable bonds is 4. The van der Waals surface area contributed by atoms with Crippen molar-refractivity contribution in [3.05, 3.63) is 41.9 Å². The second-order valence-electron chi connectivity index (χ2n) is 4.53. The van der Waals surface area contributed by atoms with Crippen LogP contribution in [0.4, 0.5) is 0 Å². The van der Waals surface area contributed by atoms with E-state index in [0.29, 0.717) is 18.9 Å². The predicted octanol–water partition coefficient (Wildman–Crippen LogP) is 0.714. The SMILES string of the molecule is Cn1nnc(Cn2ccc3c(CCN)cccc32)n1. The van der Waals surface area contributed by atoms with Gasteiger partial charge in [-0.3, -0.25) is 0 Å². The van der Waals surface area contributed by atoms with Gasteiger partial charge in [0.1, 0.15) is 0 Å². The number of hydrogen-bond donors (Lipinski definition) is 1. The van der Waals surface area contributed by atoms with Crippen molar-refractivity contribution < 1.29 is 0 Å². The molecule has 0 saturated heterocycles. The molecule has 0 atom stereocenters. The van der Waals surface area contributed by atoms with Gasteiger partial charge >= 0.3 is 0 Å². The third-order valence-corrected chi connectivity index (χ3v) is 3.18. The van der Waals surface area contributed by atoms with Crippen LogP contribution in [-0.2, 0) is 20.0 Å². The molecule has 0 aliphatic carbocycles. The van der Waals surface area contributed by atoms with Gasteiger partial charge in [0.2, 0.25) is 0 Å². The van der Waals surface area contributed by atoms with Gasteiger partial charge in [0.15, 0.2) is 5.82 Å². The van der Waals surface area contributed by atoms with Gasteiger partial charge in [0, 0.05) is 17.1 Å². The minimum Gasteiger partial charge on any atom is -0.340 e. The van der Waals surface area contributed by atoms with Crippen molar-refractivity contribution in [2.24, 2.45) is 12.8 Å². The van der Waals surface area contributed by atoms with E-state index in [0.717, 1.165) is 6.42 Å². The molecular formula is C13H16N6. The van der Waals surface area contributed by atoms with Gasteiger partial charge in [-0.15, -0.1) is 10.2 Å². The summed E-state index contributed by atoms with van der Waals surface area (Å²) in [5.74, 6) is 0.712. The van der Waals surface area contributed by atoms with Gasteiger partial charge in [-0.1, -0.05) is 12.1 Å². The van der Waals surface area contributed by atoms with Gasteiger partial charge in [0.25, 0.3) is 0 Å². The van der Waals surface area contributed by atoms with E-state index in [1.165, 1.54) is 21.3 Å². The molecule has 1 aromatic carbocycles. The summed E-state index contributed by atoms with van der Waals surface area (Å²) in [5, 5.41) is 13.3. The standard InChI is InChI=1S/C13H16N6/c1-18-16-13(15-17-18)9-19-8-6-11-10(5-7-14)3-2-4-12(11)19/h2-4,6,8H,5,7,9,14H2,1H3. The summed E-state index contributed by atoms with van der Waals surface area (Å²) in [5.41, 5.74) is 8.11. The molecular weight excluding hydrogens is 240 g/mol. The molecule has 0 aliphatic rings. The van der Waals surface area contributed by atoms with Gasteiger partial charge in [-0.05, 0) is 35.9 Å². The first kappa shape index (κ1) is 11.9. The number of aryl methyl sites for hydroxylation is 1. The van der Waals surface area contributed by atoms with E-state index in [2.05, 4.69) is 50.4 Å². The van der Waals surface area contributed by atoms with Crippen molar-refractivity contribution in [2.45, 2.75) is 13.0 Å². The van der Waals surface area contributed by atoms with E-state index in [9.17, 15) is 0 Å². The highest BCUT2D eigenvalue weighted by molar-refractivity contribution is 5.83. The Hall–Kier alpha value is -2.21. The van der Waals surface area contributed by atoms with Crippen LogP contribution >= 0.6 is 0 Å². The molecule has 0 radical (unpaired) electrons. The zero-order valence-electron chi connectivity index (χ0n) is 10.8. The lowest BCUT2D eigenvalue weighted by Gasteiger charge is -2.04. The van der Waals surface area contributed by atoms with Gasteiger partial charge in [0.05, 0.1) is 13.6 Å². The third-order valence-electron chi connectivity index (χ3n) is 3.18. The molecule has 0 saturated carbocycles. The average molecular weight is 256 g/mol. The molecule has 0 aliphatic heterocycles. The van der Waals surface area contributed by atoms with Crippen LogP contribution in [-0.4, -0.2) is 31.3 Å². The molecule has 6 nitrogen and oxygen atoms in total. The number of nitrogens with zero attached hydrogens (tertiary/aromatic N) is 5. The van der Waals surface area contributed by atoms with E-state index < -0.39 is 0 Å². The van der Waals surface area contributed by atoms with Crippen LogP contribution in [0.2, 0.25) is 0 Å². The van der Waals surface area contributed by atoms with Crippen LogP contribution in [0.25, 0.3) is 10.9 Å². The zero-order valence-corrected chi connectivity index (χ0v) is 10.8. The monoisotopic (exact) mass is 256 g/mol. The van der Waals surface area contributed by atoms with Crippen LogP contribution < -0.4 is 5.73 Å². The van der Waals surface area contributed by atoms with Crippen molar-refractivity contribution in [1.29, 1.82) is 0 Å². The van der Waals surface area contributed by atoms with E-state index in [-0.39, 0.29) is 0 Å².